The summed E-state index contributed by atoms with van der Waals surface area (Å²) in [6, 6.07) is 8.28. The molecule has 1 fully saturated rings. The fourth-order valence-electron chi connectivity index (χ4n) is 3.01. The maximum absolute atomic E-state index is 10.4. The summed E-state index contributed by atoms with van der Waals surface area (Å²) >= 11 is 0. The van der Waals surface area contributed by atoms with Gasteiger partial charge in [0.2, 0.25) is 0 Å². The van der Waals surface area contributed by atoms with Crippen LogP contribution in [0.4, 0.5) is 0 Å². The number of aryl methyl sites for hydroxylation is 1. The summed E-state index contributed by atoms with van der Waals surface area (Å²) < 4.78 is 5.72. The third-order valence-electron chi connectivity index (χ3n) is 4.25. The summed E-state index contributed by atoms with van der Waals surface area (Å²) in [4.78, 5) is 0. The van der Waals surface area contributed by atoms with Crippen LogP contribution in [-0.2, 0) is 4.74 Å². The number of hydrogen-bond donors (Lipinski definition) is 2. The standard InChI is InChI=1S/C17H27NO2/c1-13-5-4-6-14(11-13)16(12-18)17(19)9-8-15-7-2-3-10-20-15/h4-6,11,15-17,19H,2-3,7-10,12,18H2,1H3. The van der Waals surface area contributed by atoms with Crippen molar-refractivity contribution in [2.45, 2.75) is 57.2 Å². The maximum atomic E-state index is 10.4. The molecule has 112 valence electrons. The van der Waals surface area contributed by atoms with E-state index in [1.54, 1.807) is 0 Å². The average molecular weight is 277 g/mol. The van der Waals surface area contributed by atoms with Gasteiger partial charge in [-0.1, -0.05) is 29.8 Å². The molecule has 3 unspecified atom stereocenters. The van der Waals surface area contributed by atoms with Gasteiger partial charge in [-0.2, -0.15) is 0 Å². The number of ether oxygens (including phenoxy) is 1. The molecule has 0 aromatic heterocycles. The highest BCUT2D eigenvalue weighted by atomic mass is 16.5. The lowest BCUT2D eigenvalue weighted by atomic mass is 9.89. The van der Waals surface area contributed by atoms with E-state index < -0.39 is 0 Å². The molecular formula is C17H27NO2. The van der Waals surface area contributed by atoms with Crippen molar-refractivity contribution in [1.82, 2.24) is 0 Å². The van der Waals surface area contributed by atoms with E-state index >= 15 is 0 Å². The van der Waals surface area contributed by atoms with Crippen molar-refractivity contribution >= 4 is 0 Å². The van der Waals surface area contributed by atoms with Gasteiger partial charge in [0.1, 0.15) is 0 Å². The Balaban J connectivity index is 1.89. The van der Waals surface area contributed by atoms with E-state index in [1.165, 1.54) is 18.4 Å². The number of aliphatic hydroxyl groups is 1. The van der Waals surface area contributed by atoms with Crippen LogP contribution in [0, 0.1) is 6.92 Å². The Hall–Kier alpha value is -0.900. The zero-order valence-corrected chi connectivity index (χ0v) is 12.4. The third kappa shape index (κ3) is 4.30. The molecule has 3 atom stereocenters. The first-order valence-electron chi connectivity index (χ1n) is 7.77. The number of rotatable bonds is 6. The quantitative estimate of drug-likeness (QED) is 0.840. The third-order valence-corrected chi connectivity index (χ3v) is 4.25. The second-order valence-electron chi connectivity index (χ2n) is 5.89. The minimum absolute atomic E-state index is 0.0264. The van der Waals surface area contributed by atoms with Crippen LogP contribution in [0.5, 0.6) is 0 Å². The summed E-state index contributed by atoms with van der Waals surface area (Å²) in [5.74, 6) is 0.0264. The molecule has 3 heteroatoms. The summed E-state index contributed by atoms with van der Waals surface area (Å²) in [7, 11) is 0. The van der Waals surface area contributed by atoms with Crippen molar-refractivity contribution < 1.29 is 9.84 Å². The van der Waals surface area contributed by atoms with Crippen molar-refractivity contribution in [3.63, 3.8) is 0 Å². The fraction of sp³-hybridized carbons (Fsp3) is 0.647. The van der Waals surface area contributed by atoms with Crippen LogP contribution < -0.4 is 5.73 Å². The van der Waals surface area contributed by atoms with Crippen LogP contribution in [-0.4, -0.2) is 30.5 Å². The lowest BCUT2D eigenvalue weighted by molar-refractivity contribution is 0.000430. The molecule has 1 aromatic rings. The lowest BCUT2D eigenvalue weighted by Gasteiger charge is -2.26. The minimum atomic E-state index is -0.382. The van der Waals surface area contributed by atoms with Gasteiger partial charge in [-0.15, -0.1) is 0 Å². The Kier molecular flexibility index (Phi) is 6.02. The molecule has 1 saturated heterocycles. The molecule has 0 amide bonds. The predicted octanol–water partition coefficient (Wildman–Crippen LogP) is 2.75. The first-order valence-corrected chi connectivity index (χ1v) is 7.77. The van der Waals surface area contributed by atoms with E-state index in [4.69, 9.17) is 10.5 Å². The van der Waals surface area contributed by atoms with Gasteiger partial charge in [0.15, 0.2) is 0 Å². The number of benzene rings is 1. The second-order valence-corrected chi connectivity index (χ2v) is 5.89. The molecule has 1 aromatic carbocycles. The van der Waals surface area contributed by atoms with E-state index in [0.717, 1.165) is 31.4 Å². The minimum Gasteiger partial charge on any atom is -0.392 e. The highest BCUT2D eigenvalue weighted by molar-refractivity contribution is 5.26. The zero-order valence-electron chi connectivity index (χ0n) is 12.4. The monoisotopic (exact) mass is 277 g/mol. The highest BCUT2D eigenvalue weighted by Gasteiger charge is 2.22. The molecule has 0 saturated carbocycles. The summed E-state index contributed by atoms with van der Waals surface area (Å²) in [6.45, 7) is 3.43. The van der Waals surface area contributed by atoms with E-state index in [-0.39, 0.29) is 12.0 Å². The highest BCUT2D eigenvalue weighted by Crippen LogP contribution is 2.25. The normalized spacial score (nSPS) is 22.4. The smallest absolute Gasteiger partial charge is 0.0621 e. The molecule has 1 aliphatic heterocycles. The van der Waals surface area contributed by atoms with Crippen molar-refractivity contribution in [3.8, 4) is 0 Å². The van der Waals surface area contributed by atoms with Gasteiger partial charge >= 0.3 is 0 Å². The van der Waals surface area contributed by atoms with E-state index in [1.807, 2.05) is 6.07 Å². The molecule has 2 rings (SSSR count). The number of hydrogen-bond acceptors (Lipinski definition) is 3. The first-order chi connectivity index (χ1) is 9.70. The molecule has 0 radical (unpaired) electrons. The van der Waals surface area contributed by atoms with Crippen LogP contribution in [0.15, 0.2) is 24.3 Å². The van der Waals surface area contributed by atoms with E-state index in [9.17, 15) is 5.11 Å². The van der Waals surface area contributed by atoms with E-state index in [2.05, 4.69) is 25.1 Å². The number of aliphatic hydroxyl groups excluding tert-OH is 1. The molecule has 0 bridgehead atoms. The Morgan fingerprint density at radius 3 is 2.90 bits per heavy atom. The fourth-order valence-corrected chi connectivity index (χ4v) is 3.01. The van der Waals surface area contributed by atoms with Gasteiger partial charge in [0, 0.05) is 19.1 Å². The molecule has 3 N–H and O–H groups in total. The van der Waals surface area contributed by atoms with Crippen molar-refractivity contribution in [1.29, 1.82) is 0 Å². The average Bonchev–Trinajstić information content (AvgIpc) is 2.47. The van der Waals surface area contributed by atoms with Crippen LogP contribution in [0.2, 0.25) is 0 Å². The SMILES string of the molecule is Cc1cccc(C(CN)C(O)CCC2CCCCO2)c1. The summed E-state index contributed by atoms with van der Waals surface area (Å²) in [6.07, 6.45) is 5.20. The van der Waals surface area contributed by atoms with Crippen LogP contribution in [0.25, 0.3) is 0 Å². The van der Waals surface area contributed by atoms with Gasteiger partial charge in [-0.25, -0.2) is 0 Å². The molecule has 3 nitrogen and oxygen atoms in total. The van der Waals surface area contributed by atoms with Gasteiger partial charge in [0.05, 0.1) is 12.2 Å². The Morgan fingerprint density at radius 1 is 1.40 bits per heavy atom. The predicted molar refractivity (Wildman–Crippen MR) is 81.8 cm³/mol. The van der Waals surface area contributed by atoms with Crippen molar-refractivity contribution in [2.24, 2.45) is 5.73 Å². The molecule has 1 heterocycles. The van der Waals surface area contributed by atoms with E-state index in [0.29, 0.717) is 12.6 Å². The second kappa shape index (κ2) is 7.77. The summed E-state index contributed by atoms with van der Waals surface area (Å²) in [5.41, 5.74) is 8.23. The molecular weight excluding hydrogens is 250 g/mol. The lowest BCUT2D eigenvalue weighted by Crippen LogP contribution is -2.28. The Labute approximate surface area is 122 Å². The van der Waals surface area contributed by atoms with Gasteiger partial charge in [0.25, 0.3) is 0 Å². The zero-order chi connectivity index (χ0) is 14.4. The maximum Gasteiger partial charge on any atom is 0.0621 e. The Bertz CT molecular complexity index is 402. The largest absolute Gasteiger partial charge is 0.392 e. The van der Waals surface area contributed by atoms with Gasteiger partial charge < -0.3 is 15.6 Å². The number of nitrogens with two attached hydrogens (primary N) is 1. The van der Waals surface area contributed by atoms with Crippen LogP contribution in [0.3, 0.4) is 0 Å². The molecule has 1 aliphatic rings. The first kappa shape index (κ1) is 15.5. The van der Waals surface area contributed by atoms with Crippen molar-refractivity contribution in [2.75, 3.05) is 13.2 Å². The van der Waals surface area contributed by atoms with Crippen LogP contribution >= 0.6 is 0 Å². The molecule has 0 aliphatic carbocycles. The Morgan fingerprint density at radius 2 is 2.25 bits per heavy atom. The van der Waals surface area contributed by atoms with Gasteiger partial charge in [-0.05, 0) is 44.6 Å². The van der Waals surface area contributed by atoms with Crippen LogP contribution in [0.1, 0.15) is 49.1 Å². The molecule has 0 spiro atoms. The van der Waals surface area contributed by atoms with Crippen molar-refractivity contribution in [3.05, 3.63) is 35.4 Å². The molecule has 20 heavy (non-hydrogen) atoms. The topological polar surface area (TPSA) is 55.5 Å². The van der Waals surface area contributed by atoms with Gasteiger partial charge in [-0.3, -0.25) is 0 Å². The summed E-state index contributed by atoms with van der Waals surface area (Å²) in [5, 5.41) is 10.4.